The van der Waals surface area contributed by atoms with Crippen LogP contribution in [-0.2, 0) is 0 Å². The maximum absolute atomic E-state index is 5.71. The van der Waals surface area contributed by atoms with Gasteiger partial charge < -0.3 is 5.73 Å². The van der Waals surface area contributed by atoms with Crippen LogP contribution in [0.25, 0.3) is 5.82 Å². The van der Waals surface area contributed by atoms with Gasteiger partial charge in [0.25, 0.3) is 0 Å². The molecule has 0 bridgehead atoms. The van der Waals surface area contributed by atoms with Crippen molar-refractivity contribution in [1.82, 2.24) is 19.7 Å². The van der Waals surface area contributed by atoms with Crippen molar-refractivity contribution in [3.05, 3.63) is 29.9 Å². The maximum atomic E-state index is 5.71. The van der Waals surface area contributed by atoms with Crippen LogP contribution in [0.2, 0.25) is 5.15 Å². The van der Waals surface area contributed by atoms with E-state index >= 15 is 0 Å². The fourth-order valence-corrected chi connectivity index (χ4v) is 1.08. The first kappa shape index (κ1) is 8.00. The smallest absolute Gasteiger partial charge is 0.179 e. The third-order valence-electron chi connectivity index (χ3n) is 1.51. The highest BCUT2D eigenvalue weighted by molar-refractivity contribution is 6.29. The molecule has 0 amide bonds. The SMILES string of the molecule is Nc1ccc(Cl)nc1-n1cncn1. The second-order valence-corrected chi connectivity index (χ2v) is 2.77. The van der Waals surface area contributed by atoms with Gasteiger partial charge in [0, 0.05) is 0 Å². The molecule has 0 aliphatic carbocycles. The Kier molecular flexibility index (Phi) is 1.86. The summed E-state index contributed by atoms with van der Waals surface area (Å²) in [5.41, 5.74) is 6.18. The topological polar surface area (TPSA) is 69.6 Å². The van der Waals surface area contributed by atoms with Crippen molar-refractivity contribution < 1.29 is 0 Å². The molecule has 2 aromatic rings. The summed E-state index contributed by atoms with van der Waals surface area (Å²) in [5.74, 6) is 0.491. The third-order valence-corrected chi connectivity index (χ3v) is 1.72. The zero-order valence-electron chi connectivity index (χ0n) is 6.55. The number of nitrogen functional groups attached to an aromatic ring is 1. The summed E-state index contributed by atoms with van der Waals surface area (Å²) in [6.45, 7) is 0. The van der Waals surface area contributed by atoms with Crippen LogP contribution < -0.4 is 5.73 Å². The molecule has 66 valence electrons. The van der Waals surface area contributed by atoms with Crippen LogP contribution in [-0.4, -0.2) is 19.7 Å². The maximum Gasteiger partial charge on any atom is 0.179 e. The number of hydrogen-bond acceptors (Lipinski definition) is 4. The van der Waals surface area contributed by atoms with E-state index < -0.39 is 0 Å². The van der Waals surface area contributed by atoms with E-state index in [1.54, 1.807) is 12.1 Å². The number of hydrogen-bond donors (Lipinski definition) is 1. The number of aromatic nitrogens is 4. The molecule has 13 heavy (non-hydrogen) atoms. The molecule has 5 nitrogen and oxygen atoms in total. The van der Waals surface area contributed by atoms with E-state index in [0.717, 1.165) is 0 Å². The molecule has 0 saturated carbocycles. The molecule has 0 unspecified atom stereocenters. The lowest BCUT2D eigenvalue weighted by Gasteiger charge is -2.02. The number of halogens is 1. The molecule has 0 aliphatic heterocycles. The summed E-state index contributed by atoms with van der Waals surface area (Å²) in [7, 11) is 0. The van der Waals surface area contributed by atoms with Gasteiger partial charge >= 0.3 is 0 Å². The Morgan fingerprint density at radius 2 is 2.23 bits per heavy atom. The summed E-state index contributed by atoms with van der Waals surface area (Å²) in [6, 6.07) is 3.30. The summed E-state index contributed by atoms with van der Waals surface area (Å²) >= 11 is 5.71. The van der Waals surface area contributed by atoms with E-state index in [4.69, 9.17) is 17.3 Å². The van der Waals surface area contributed by atoms with E-state index in [9.17, 15) is 0 Å². The van der Waals surface area contributed by atoms with Crippen molar-refractivity contribution in [2.75, 3.05) is 5.73 Å². The summed E-state index contributed by atoms with van der Waals surface area (Å²) in [5, 5.41) is 4.27. The van der Waals surface area contributed by atoms with Crippen molar-refractivity contribution >= 4 is 17.3 Å². The molecule has 2 rings (SSSR count). The summed E-state index contributed by atoms with van der Waals surface area (Å²) in [6.07, 6.45) is 2.91. The molecule has 2 N–H and O–H groups in total. The highest BCUT2D eigenvalue weighted by Crippen LogP contribution is 2.15. The number of rotatable bonds is 1. The van der Waals surface area contributed by atoms with Crippen LogP contribution >= 0.6 is 11.6 Å². The van der Waals surface area contributed by atoms with Crippen LogP contribution in [0.15, 0.2) is 24.8 Å². The largest absolute Gasteiger partial charge is 0.396 e. The van der Waals surface area contributed by atoms with Gasteiger partial charge in [0.15, 0.2) is 5.82 Å². The van der Waals surface area contributed by atoms with Gasteiger partial charge in [-0.1, -0.05) is 11.6 Å². The molecule has 0 radical (unpaired) electrons. The van der Waals surface area contributed by atoms with Crippen molar-refractivity contribution in [1.29, 1.82) is 0 Å². The van der Waals surface area contributed by atoms with Crippen molar-refractivity contribution in [3.8, 4) is 5.82 Å². The standard InChI is InChI=1S/C7H6ClN5/c8-6-2-1-5(9)7(12-6)13-4-10-3-11-13/h1-4H,9H2. The Labute approximate surface area is 79.2 Å². The van der Waals surface area contributed by atoms with E-state index in [0.29, 0.717) is 16.7 Å². The molecule has 0 saturated heterocycles. The van der Waals surface area contributed by atoms with Crippen LogP contribution in [0, 0.1) is 0 Å². The lowest BCUT2D eigenvalue weighted by Crippen LogP contribution is -2.02. The molecule has 6 heteroatoms. The molecule has 0 atom stereocenters. The molecule has 0 aromatic carbocycles. The van der Waals surface area contributed by atoms with Crippen molar-refractivity contribution in [2.24, 2.45) is 0 Å². The van der Waals surface area contributed by atoms with Gasteiger partial charge in [-0.15, -0.1) is 0 Å². The van der Waals surface area contributed by atoms with Crippen LogP contribution in [0.4, 0.5) is 5.69 Å². The van der Waals surface area contributed by atoms with Crippen molar-refractivity contribution in [2.45, 2.75) is 0 Å². The minimum Gasteiger partial charge on any atom is -0.396 e. The first-order valence-electron chi connectivity index (χ1n) is 3.54. The Morgan fingerprint density at radius 1 is 1.38 bits per heavy atom. The van der Waals surface area contributed by atoms with Crippen LogP contribution in [0.3, 0.4) is 0 Å². The van der Waals surface area contributed by atoms with Crippen LogP contribution in [0.5, 0.6) is 0 Å². The first-order valence-corrected chi connectivity index (χ1v) is 3.92. The van der Waals surface area contributed by atoms with Gasteiger partial charge in [0.2, 0.25) is 0 Å². The van der Waals surface area contributed by atoms with E-state index in [1.807, 2.05) is 0 Å². The average Bonchev–Trinajstić information content (AvgIpc) is 2.61. The van der Waals surface area contributed by atoms with E-state index in [2.05, 4.69) is 15.1 Å². The number of nitrogens with two attached hydrogens (primary N) is 1. The normalized spacial score (nSPS) is 10.2. The first-order chi connectivity index (χ1) is 6.27. The Balaban J connectivity index is 2.57. The molecule has 2 aromatic heterocycles. The lowest BCUT2D eigenvalue weighted by atomic mass is 10.4. The van der Waals surface area contributed by atoms with E-state index in [-0.39, 0.29) is 0 Å². The van der Waals surface area contributed by atoms with Gasteiger partial charge in [0.1, 0.15) is 17.8 Å². The number of nitrogens with zero attached hydrogens (tertiary/aromatic N) is 4. The Morgan fingerprint density at radius 3 is 2.92 bits per heavy atom. The Bertz CT molecular complexity index is 411. The molecular formula is C7H6ClN5. The van der Waals surface area contributed by atoms with Gasteiger partial charge in [0.05, 0.1) is 5.69 Å². The molecular weight excluding hydrogens is 190 g/mol. The van der Waals surface area contributed by atoms with Crippen LogP contribution in [0.1, 0.15) is 0 Å². The summed E-state index contributed by atoms with van der Waals surface area (Å²) in [4.78, 5) is 7.80. The van der Waals surface area contributed by atoms with Gasteiger partial charge in [-0.3, -0.25) is 0 Å². The average molecular weight is 196 g/mol. The second-order valence-electron chi connectivity index (χ2n) is 2.39. The zero-order valence-corrected chi connectivity index (χ0v) is 7.31. The molecule has 2 heterocycles. The Hall–Kier alpha value is -1.62. The van der Waals surface area contributed by atoms with Crippen molar-refractivity contribution in [3.63, 3.8) is 0 Å². The zero-order chi connectivity index (χ0) is 9.26. The third kappa shape index (κ3) is 1.46. The fourth-order valence-electron chi connectivity index (χ4n) is 0.937. The lowest BCUT2D eigenvalue weighted by molar-refractivity contribution is 0.848. The monoisotopic (exact) mass is 195 g/mol. The highest BCUT2D eigenvalue weighted by atomic mass is 35.5. The van der Waals surface area contributed by atoms with Gasteiger partial charge in [-0.05, 0) is 12.1 Å². The predicted octanol–water partition coefficient (Wildman–Crippen LogP) is 0.898. The second kappa shape index (κ2) is 3.02. The minimum atomic E-state index is 0.375. The number of pyridine rings is 1. The molecule has 0 fully saturated rings. The van der Waals surface area contributed by atoms with Gasteiger partial charge in [-0.2, -0.15) is 5.10 Å². The predicted molar refractivity (Wildman–Crippen MR) is 48.6 cm³/mol. The highest BCUT2D eigenvalue weighted by Gasteiger charge is 2.04. The number of anilines is 1. The molecule has 0 aliphatic rings. The molecule has 0 spiro atoms. The van der Waals surface area contributed by atoms with Gasteiger partial charge in [-0.25, -0.2) is 14.6 Å². The minimum absolute atomic E-state index is 0.375. The van der Waals surface area contributed by atoms with E-state index in [1.165, 1.54) is 17.3 Å². The quantitative estimate of drug-likeness (QED) is 0.687. The summed E-state index contributed by atoms with van der Waals surface area (Å²) < 4.78 is 1.46. The fraction of sp³-hybridized carbons (Fsp3) is 0.